The molecule has 7 nitrogen and oxygen atoms in total. The van der Waals surface area contributed by atoms with Crippen molar-refractivity contribution in [2.45, 2.75) is 31.2 Å². The topological polar surface area (TPSA) is 96.8 Å². The Labute approximate surface area is 143 Å². The number of hydrogen-bond donors (Lipinski definition) is 1. The Kier molecular flexibility index (Phi) is 6.25. The van der Waals surface area contributed by atoms with Gasteiger partial charge in [0.2, 0.25) is 10.0 Å². The largest absolute Gasteiger partial charge is 0.455 e. The maximum atomic E-state index is 12.6. The number of nitrogens with zero attached hydrogens (tertiary/aromatic N) is 2. The highest BCUT2D eigenvalue weighted by Gasteiger charge is 2.35. The molecule has 0 aromatic carbocycles. The maximum Gasteiger partial charge on any atom is 0.289 e. The highest BCUT2D eigenvalue weighted by Crippen LogP contribution is 2.27. The Balaban J connectivity index is 0.00000264. The molecule has 132 valence electrons. The Morgan fingerprint density at radius 3 is 2.57 bits per heavy atom. The van der Waals surface area contributed by atoms with Crippen LogP contribution in [0.5, 0.6) is 0 Å². The summed E-state index contributed by atoms with van der Waals surface area (Å²) in [6.45, 7) is 4.61. The van der Waals surface area contributed by atoms with Gasteiger partial charge in [-0.1, -0.05) is 0 Å². The molecule has 1 amide bonds. The number of amides is 1. The van der Waals surface area contributed by atoms with E-state index in [1.54, 1.807) is 11.8 Å². The predicted molar refractivity (Wildman–Crippen MR) is 89.2 cm³/mol. The van der Waals surface area contributed by atoms with Crippen molar-refractivity contribution in [1.82, 2.24) is 9.21 Å². The summed E-state index contributed by atoms with van der Waals surface area (Å²) in [5.74, 6) is 0.272. The number of likely N-dealkylation sites (tertiary alicyclic amines) is 1. The van der Waals surface area contributed by atoms with Crippen LogP contribution in [0, 0.1) is 12.8 Å². The van der Waals surface area contributed by atoms with E-state index in [2.05, 4.69) is 0 Å². The molecular weight excluding hydrogens is 342 g/mol. The van der Waals surface area contributed by atoms with Crippen LogP contribution in [0.15, 0.2) is 15.4 Å². The van der Waals surface area contributed by atoms with E-state index in [-0.39, 0.29) is 46.7 Å². The zero-order chi connectivity index (χ0) is 16.7. The normalized spacial score (nSPS) is 21.6. The second kappa shape index (κ2) is 7.21. The molecule has 1 aromatic heterocycles. The average Bonchev–Trinajstić information content (AvgIpc) is 3.01. The third-order valence-electron chi connectivity index (χ3n) is 4.10. The number of halogens is 1. The molecule has 1 aliphatic rings. The fraction of sp³-hybridized carbons (Fsp3) is 0.643. The van der Waals surface area contributed by atoms with Crippen molar-refractivity contribution in [3.8, 4) is 0 Å². The van der Waals surface area contributed by atoms with Crippen molar-refractivity contribution in [1.29, 1.82) is 0 Å². The van der Waals surface area contributed by atoms with E-state index < -0.39 is 10.0 Å². The molecule has 1 saturated heterocycles. The molecule has 2 unspecified atom stereocenters. The van der Waals surface area contributed by atoms with E-state index in [0.29, 0.717) is 13.1 Å². The zero-order valence-corrected chi connectivity index (χ0v) is 15.4. The molecule has 1 aromatic rings. The molecule has 0 saturated carbocycles. The van der Waals surface area contributed by atoms with Crippen LogP contribution in [0.1, 0.15) is 29.7 Å². The first kappa shape index (κ1) is 20.0. The monoisotopic (exact) mass is 365 g/mol. The molecule has 23 heavy (non-hydrogen) atoms. The molecule has 1 aliphatic heterocycles. The van der Waals surface area contributed by atoms with Gasteiger partial charge in [-0.05, 0) is 32.7 Å². The first-order chi connectivity index (χ1) is 10.2. The van der Waals surface area contributed by atoms with Gasteiger partial charge in [0.25, 0.3) is 5.91 Å². The maximum absolute atomic E-state index is 12.6. The number of furan rings is 1. The lowest BCUT2D eigenvalue weighted by Gasteiger charge is -2.19. The summed E-state index contributed by atoms with van der Waals surface area (Å²) in [5.41, 5.74) is 5.67. The van der Waals surface area contributed by atoms with Crippen molar-refractivity contribution in [2.24, 2.45) is 11.7 Å². The molecule has 1 fully saturated rings. The van der Waals surface area contributed by atoms with Gasteiger partial charge in [-0.15, -0.1) is 12.4 Å². The zero-order valence-electron chi connectivity index (χ0n) is 13.8. The quantitative estimate of drug-likeness (QED) is 0.860. The summed E-state index contributed by atoms with van der Waals surface area (Å²) in [6.07, 6.45) is 0.852. The van der Waals surface area contributed by atoms with Gasteiger partial charge in [-0.2, -0.15) is 0 Å². The summed E-state index contributed by atoms with van der Waals surface area (Å²) in [7, 11) is -0.740. The lowest BCUT2D eigenvalue weighted by Crippen LogP contribution is -2.34. The van der Waals surface area contributed by atoms with Gasteiger partial charge in [-0.3, -0.25) is 4.79 Å². The minimum Gasteiger partial charge on any atom is -0.455 e. The van der Waals surface area contributed by atoms with Gasteiger partial charge in [0.1, 0.15) is 10.7 Å². The number of hydrogen-bond acceptors (Lipinski definition) is 5. The average molecular weight is 366 g/mol. The second-order valence-corrected chi connectivity index (χ2v) is 8.08. The lowest BCUT2D eigenvalue weighted by molar-refractivity contribution is 0.0709. The van der Waals surface area contributed by atoms with Crippen LogP contribution in [-0.4, -0.2) is 56.8 Å². The van der Waals surface area contributed by atoms with E-state index >= 15 is 0 Å². The lowest BCUT2D eigenvalue weighted by atomic mass is 10.1. The van der Waals surface area contributed by atoms with Crippen molar-refractivity contribution in [3.63, 3.8) is 0 Å². The van der Waals surface area contributed by atoms with Gasteiger partial charge in [0.05, 0.1) is 0 Å². The number of rotatable bonds is 4. The van der Waals surface area contributed by atoms with Gasteiger partial charge in [0.15, 0.2) is 5.76 Å². The van der Waals surface area contributed by atoms with E-state index in [9.17, 15) is 13.2 Å². The van der Waals surface area contributed by atoms with Crippen molar-refractivity contribution in [3.05, 3.63) is 17.6 Å². The smallest absolute Gasteiger partial charge is 0.289 e. The number of carbonyl (C=O) groups excluding carboxylic acids is 1. The highest BCUT2D eigenvalue weighted by molar-refractivity contribution is 7.89. The standard InChI is InChI=1S/C14H23N3O4S.ClH/c1-9-5-11(7-15)8-17(9)14(18)12-6-13(10(2)21-12)22(19,20)16(3)4;/h6,9,11H,5,7-8,15H2,1-4H3;1H. The van der Waals surface area contributed by atoms with Gasteiger partial charge in [-0.25, -0.2) is 12.7 Å². The molecular formula is C14H24ClN3O4S. The van der Waals surface area contributed by atoms with Crippen molar-refractivity contribution in [2.75, 3.05) is 27.2 Å². The number of carbonyl (C=O) groups is 1. The third kappa shape index (κ3) is 3.71. The van der Waals surface area contributed by atoms with E-state index in [1.807, 2.05) is 6.92 Å². The SMILES string of the molecule is Cc1oc(C(=O)N2CC(CN)CC2C)cc1S(=O)(=O)N(C)C.Cl. The Morgan fingerprint density at radius 2 is 2.09 bits per heavy atom. The minimum absolute atomic E-state index is 0. The van der Waals surface area contributed by atoms with E-state index in [4.69, 9.17) is 10.2 Å². The van der Waals surface area contributed by atoms with E-state index in [1.165, 1.54) is 20.2 Å². The first-order valence-electron chi connectivity index (χ1n) is 7.22. The van der Waals surface area contributed by atoms with Gasteiger partial charge in [0, 0.05) is 32.7 Å². The summed E-state index contributed by atoms with van der Waals surface area (Å²) in [6, 6.07) is 1.38. The Morgan fingerprint density at radius 1 is 1.48 bits per heavy atom. The molecule has 9 heteroatoms. The summed E-state index contributed by atoms with van der Waals surface area (Å²) < 4.78 is 30.9. The molecule has 2 heterocycles. The number of sulfonamides is 1. The van der Waals surface area contributed by atoms with Gasteiger partial charge >= 0.3 is 0 Å². The fourth-order valence-electron chi connectivity index (χ4n) is 2.76. The summed E-state index contributed by atoms with van der Waals surface area (Å²) >= 11 is 0. The third-order valence-corrected chi connectivity index (χ3v) is 6.02. The summed E-state index contributed by atoms with van der Waals surface area (Å²) in [5, 5.41) is 0. The van der Waals surface area contributed by atoms with Crippen molar-refractivity contribution >= 4 is 28.3 Å². The van der Waals surface area contributed by atoms with Crippen LogP contribution in [0.4, 0.5) is 0 Å². The summed E-state index contributed by atoms with van der Waals surface area (Å²) in [4.78, 5) is 14.3. The molecule has 2 rings (SSSR count). The van der Waals surface area contributed by atoms with Crippen LogP contribution < -0.4 is 5.73 Å². The van der Waals surface area contributed by atoms with Crippen LogP contribution >= 0.6 is 12.4 Å². The van der Waals surface area contributed by atoms with Gasteiger partial charge < -0.3 is 15.1 Å². The highest BCUT2D eigenvalue weighted by atomic mass is 35.5. The molecule has 2 atom stereocenters. The minimum atomic E-state index is -3.62. The predicted octanol–water partition coefficient (Wildman–Crippen LogP) is 1.07. The molecule has 2 N–H and O–H groups in total. The first-order valence-corrected chi connectivity index (χ1v) is 8.66. The van der Waals surface area contributed by atoms with Crippen LogP contribution in [-0.2, 0) is 10.0 Å². The number of aryl methyl sites for hydroxylation is 1. The molecule has 0 bridgehead atoms. The van der Waals surface area contributed by atoms with Crippen molar-refractivity contribution < 1.29 is 17.6 Å². The van der Waals surface area contributed by atoms with Crippen LogP contribution in [0.25, 0.3) is 0 Å². The second-order valence-electron chi connectivity index (χ2n) is 5.96. The molecule has 0 radical (unpaired) electrons. The Hall–Kier alpha value is -1.09. The number of nitrogens with two attached hydrogens (primary N) is 1. The van der Waals surface area contributed by atoms with Crippen LogP contribution in [0.3, 0.4) is 0 Å². The fourth-order valence-corrected chi connectivity index (χ4v) is 3.82. The van der Waals surface area contributed by atoms with E-state index in [0.717, 1.165) is 10.7 Å². The molecule has 0 spiro atoms. The molecule has 0 aliphatic carbocycles. The Bertz CT molecular complexity index is 672. The van der Waals surface area contributed by atoms with Crippen LogP contribution in [0.2, 0.25) is 0 Å².